The van der Waals surface area contributed by atoms with E-state index in [0.717, 1.165) is 44.2 Å². The molecule has 0 bridgehead atoms. The molecule has 2 aromatic rings. The molecule has 0 radical (unpaired) electrons. The van der Waals surface area contributed by atoms with Crippen LogP contribution in [-0.2, 0) is 13.6 Å². The van der Waals surface area contributed by atoms with Gasteiger partial charge in [0.2, 0.25) is 0 Å². The average Bonchev–Trinajstić information content (AvgIpc) is 2.79. The SMILES string of the molecule is Cc1nn(C)cc1CN1CCN(c2ccc(N)cn2)CC1. The van der Waals surface area contributed by atoms with Crippen molar-refractivity contribution >= 4 is 11.5 Å². The van der Waals surface area contributed by atoms with Crippen LogP contribution in [0.2, 0.25) is 0 Å². The van der Waals surface area contributed by atoms with E-state index in [4.69, 9.17) is 5.73 Å². The summed E-state index contributed by atoms with van der Waals surface area (Å²) in [6, 6.07) is 3.91. The monoisotopic (exact) mass is 286 g/mol. The summed E-state index contributed by atoms with van der Waals surface area (Å²) in [5.41, 5.74) is 8.84. The largest absolute Gasteiger partial charge is 0.397 e. The lowest BCUT2D eigenvalue weighted by molar-refractivity contribution is 0.249. The van der Waals surface area contributed by atoms with Crippen molar-refractivity contribution in [2.75, 3.05) is 36.8 Å². The van der Waals surface area contributed by atoms with E-state index in [0.29, 0.717) is 5.69 Å². The zero-order valence-corrected chi connectivity index (χ0v) is 12.7. The second-order valence-corrected chi connectivity index (χ2v) is 5.63. The standard InChI is InChI=1S/C15H22N6/c1-12-13(10-19(2)18-12)11-20-5-7-21(8-6-20)15-4-3-14(16)9-17-15/h3-4,9-10H,5-8,11,16H2,1-2H3. The van der Waals surface area contributed by atoms with Gasteiger partial charge in [-0.15, -0.1) is 0 Å². The third kappa shape index (κ3) is 3.16. The van der Waals surface area contributed by atoms with Gasteiger partial charge in [0.15, 0.2) is 0 Å². The average molecular weight is 286 g/mol. The lowest BCUT2D eigenvalue weighted by Crippen LogP contribution is -2.46. The molecular weight excluding hydrogens is 264 g/mol. The molecule has 0 aliphatic carbocycles. The molecule has 1 saturated heterocycles. The molecule has 2 aromatic heterocycles. The van der Waals surface area contributed by atoms with Gasteiger partial charge in [-0.3, -0.25) is 9.58 Å². The molecule has 0 saturated carbocycles. The number of hydrogen-bond donors (Lipinski definition) is 1. The number of anilines is 2. The van der Waals surface area contributed by atoms with Crippen LogP contribution in [0.4, 0.5) is 11.5 Å². The zero-order valence-electron chi connectivity index (χ0n) is 12.7. The molecule has 1 aliphatic heterocycles. The minimum atomic E-state index is 0.712. The first-order valence-corrected chi connectivity index (χ1v) is 7.30. The van der Waals surface area contributed by atoms with Crippen LogP contribution in [0.5, 0.6) is 0 Å². The van der Waals surface area contributed by atoms with Crippen LogP contribution in [0.25, 0.3) is 0 Å². The van der Waals surface area contributed by atoms with E-state index in [1.807, 2.05) is 23.9 Å². The Labute approximate surface area is 125 Å². The van der Waals surface area contributed by atoms with Gasteiger partial charge in [0.05, 0.1) is 17.6 Å². The van der Waals surface area contributed by atoms with Gasteiger partial charge in [-0.1, -0.05) is 0 Å². The number of nitrogens with zero attached hydrogens (tertiary/aromatic N) is 5. The number of aromatic nitrogens is 3. The van der Waals surface area contributed by atoms with Crippen molar-refractivity contribution in [1.29, 1.82) is 0 Å². The number of piperazine rings is 1. The predicted molar refractivity (Wildman–Crippen MR) is 84.1 cm³/mol. The highest BCUT2D eigenvalue weighted by atomic mass is 15.3. The van der Waals surface area contributed by atoms with Crippen molar-refractivity contribution in [2.24, 2.45) is 7.05 Å². The van der Waals surface area contributed by atoms with Crippen LogP contribution in [0.1, 0.15) is 11.3 Å². The summed E-state index contributed by atoms with van der Waals surface area (Å²) in [4.78, 5) is 9.18. The van der Waals surface area contributed by atoms with Crippen molar-refractivity contribution in [2.45, 2.75) is 13.5 Å². The van der Waals surface area contributed by atoms with Crippen molar-refractivity contribution in [1.82, 2.24) is 19.7 Å². The molecule has 0 spiro atoms. The molecule has 6 nitrogen and oxygen atoms in total. The third-order valence-electron chi connectivity index (χ3n) is 3.98. The second-order valence-electron chi connectivity index (χ2n) is 5.63. The lowest BCUT2D eigenvalue weighted by Gasteiger charge is -2.35. The molecule has 0 atom stereocenters. The predicted octanol–water partition coefficient (Wildman–Crippen LogP) is 1.03. The highest BCUT2D eigenvalue weighted by Gasteiger charge is 2.19. The smallest absolute Gasteiger partial charge is 0.128 e. The third-order valence-corrected chi connectivity index (χ3v) is 3.98. The first-order valence-electron chi connectivity index (χ1n) is 7.30. The van der Waals surface area contributed by atoms with E-state index in [1.54, 1.807) is 6.20 Å². The Bertz CT molecular complexity index is 595. The summed E-state index contributed by atoms with van der Waals surface area (Å²) in [6.07, 6.45) is 3.84. The highest BCUT2D eigenvalue weighted by molar-refractivity contribution is 5.46. The summed E-state index contributed by atoms with van der Waals surface area (Å²) in [5, 5.41) is 4.41. The number of hydrogen-bond acceptors (Lipinski definition) is 5. The van der Waals surface area contributed by atoms with Crippen molar-refractivity contribution in [3.8, 4) is 0 Å². The molecule has 2 N–H and O–H groups in total. The number of pyridine rings is 1. The molecule has 3 heterocycles. The summed E-state index contributed by atoms with van der Waals surface area (Å²) < 4.78 is 1.89. The van der Waals surface area contributed by atoms with Crippen LogP contribution in [0, 0.1) is 6.92 Å². The van der Waals surface area contributed by atoms with E-state index in [-0.39, 0.29) is 0 Å². The lowest BCUT2D eigenvalue weighted by atomic mass is 10.2. The molecule has 0 aromatic carbocycles. The van der Waals surface area contributed by atoms with Gasteiger partial charge in [0, 0.05) is 51.5 Å². The number of nitrogens with two attached hydrogens (primary N) is 1. The zero-order chi connectivity index (χ0) is 14.8. The van der Waals surface area contributed by atoms with Gasteiger partial charge in [0.25, 0.3) is 0 Å². The van der Waals surface area contributed by atoms with E-state index in [9.17, 15) is 0 Å². The molecular formula is C15H22N6. The summed E-state index contributed by atoms with van der Waals surface area (Å²) in [7, 11) is 1.97. The molecule has 3 rings (SSSR count). The van der Waals surface area contributed by atoms with Crippen LogP contribution < -0.4 is 10.6 Å². The molecule has 112 valence electrons. The van der Waals surface area contributed by atoms with Gasteiger partial charge < -0.3 is 10.6 Å². The summed E-state index contributed by atoms with van der Waals surface area (Å²) >= 11 is 0. The fourth-order valence-corrected chi connectivity index (χ4v) is 2.76. The number of rotatable bonds is 3. The van der Waals surface area contributed by atoms with Crippen LogP contribution in [0.3, 0.4) is 0 Å². The van der Waals surface area contributed by atoms with Crippen molar-refractivity contribution in [3.05, 3.63) is 35.8 Å². The first kappa shape index (κ1) is 13.9. The quantitative estimate of drug-likeness (QED) is 0.913. The van der Waals surface area contributed by atoms with Gasteiger partial charge in [0.1, 0.15) is 5.82 Å². The molecule has 6 heteroatoms. The number of nitrogen functional groups attached to an aromatic ring is 1. The topological polar surface area (TPSA) is 63.2 Å². The first-order chi connectivity index (χ1) is 10.1. The Morgan fingerprint density at radius 3 is 2.52 bits per heavy atom. The fraction of sp³-hybridized carbons (Fsp3) is 0.467. The fourth-order valence-electron chi connectivity index (χ4n) is 2.76. The maximum absolute atomic E-state index is 5.68. The molecule has 1 aliphatic rings. The Morgan fingerprint density at radius 1 is 1.19 bits per heavy atom. The second kappa shape index (κ2) is 5.73. The Morgan fingerprint density at radius 2 is 1.95 bits per heavy atom. The van der Waals surface area contributed by atoms with Gasteiger partial charge in [-0.25, -0.2) is 4.98 Å². The highest BCUT2D eigenvalue weighted by Crippen LogP contribution is 2.16. The van der Waals surface area contributed by atoms with E-state index < -0.39 is 0 Å². The molecule has 1 fully saturated rings. The molecule has 0 unspecified atom stereocenters. The number of aryl methyl sites for hydroxylation is 2. The van der Waals surface area contributed by atoms with Gasteiger partial charge >= 0.3 is 0 Å². The van der Waals surface area contributed by atoms with Gasteiger partial charge in [-0.2, -0.15) is 5.10 Å². The molecule has 0 amide bonds. The maximum atomic E-state index is 5.68. The minimum Gasteiger partial charge on any atom is -0.397 e. The normalized spacial score (nSPS) is 16.4. The maximum Gasteiger partial charge on any atom is 0.128 e. The Kier molecular flexibility index (Phi) is 3.79. The summed E-state index contributed by atoms with van der Waals surface area (Å²) in [6.45, 7) is 7.12. The van der Waals surface area contributed by atoms with Crippen LogP contribution in [0.15, 0.2) is 24.5 Å². The Hall–Kier alpha value is -2.08. The van der Waals surface area contributed by atoms with E-state index in [2.05, 4.69) is 33.0 Å². The van der Waals surface area contributed by atoms with E-state index in [1.165, 1.54) is 5.56 Å². The van der Waals surface area contributed by atoms with E-state index >= 15 is 0 Å². The summed E-state index contributed by atoms with van der Waals surface area (Å²) in [5.74, 6) is 1.02. The van der Waals surface area contributed by atoms with Crippen molar-refractivity contribution < 1.29 is 0 Å². The van der Waals surface area contributed by atoms with Crippen LogP contribution >= 0.6 is 0 Å². The van der Waals surface area contributed by atoms with Gasteiger partial charge in [-0.05, 0) is 19.1 Å². The van der Waals surface area contributed by atoms with Crippen LogP contribution in [-0.4, -0.2) is 45.8 Å². The molecule has 21 heavy (non-hydrogen) atoms. The minimum absolute atomic E-state index is 0.712. The Balaban J connectivity index is 1.57. The van der Waals surface area contributed by atoms with Crippen molar-refractivity contribution in [3.63, 3.8) is 0 Å².